The number of fused-ring (bicyclic) bond motifs is 1. The van der Waals surface area contributed by atoms with Crippen LogP contribution in [-0.2, 0) is 6.42 Å². The lowest BCUT2D eigenvalue weighted by molar-refractivity contribution is 0.638. The normalized spacial score (nSPS) is 16.0. The van der Waals surface area contributed by atoms with Crippen molar-refractivity contribution in [3.05, 3.63) is 40.7 Å². The molecule has 4 rings (SSSR count). The molecule has 0 saturated heterocycles. The highest BCUT2D eigenvalue weighted by molar-refractivity contribution is 7.16. The Labute approximate surface area is 126 Å². The van der Waals surface area contributed by atoms with Gasteiger partial charge in [-0.15, -0.1) is 10.2 Å². The Balaban J connectivity index is 1.66. The number of para-hydroxylation sites is 1. The summed E-state index contributed by atoms with van der Waals surface area (Å²) in [5.74, 6) is 1.56. The van der Waals surface area contributed by atoms with Gasteiger partial charge in [0, 0.05) is 18.0 Å². The molecular formula is C15H17N5S. The predicted molar refractivity (Wildman–Crippen MR) is 83.5 cm³/mol. The summed E-state index contributed by atoms with van der Waals surface area (Å²) in [5.41, 5.74) is 7.94. The van der Waals surface area contributed by atoms with Gasteiger partial charge < -0.3 is 5.73 Å². The molecule has 3 aromatic rings. The van der Waals surface area contributed by atoms with Crippen LogP contribution in [0.15, 0.2) is 24.3 Å². The lowest BCUT2D eigenvalue weighted by Crippen LogP contribution is -2.02. The number of nitrogen functional groups attached to an aromatic ring is 1. The molecule has 1 aromatic carbocycles. The molecule has 2 N–H and O–H groups in total. The van der Waals surface area contributed by atoms with Crippen LogP contribution in [0.3, 0.4) is 0 Å². The van der Waals surface area contributed by atoms with Crippen LogP contribution in [0.1, 0.15) is 48.0 Å². The van der Waals surface area contributed by atoms with Crippen LogP contribution in [0.5, 0.6) is 0 Å². The zero-order chi connectivity index (χ0) is 14.2. The second kappa shape index (κ2) is 5.11. The van der Waals surface area contributed by atoms with Crippen molar-refractivity contribution in [2.24, 2.45) is 0 Å². The lowest BCUT2D eigenvalue weighted by atomic mass is 10.1. The molecule has 108 valence electrons. The second-order valence-corrected chi connectivity index (χ2v) is 6.65. The first kappa shape index (κ1) is 12.8. The number of rotatable bonds is 3. The van der Waals surface area contributed by atoms with Crippen molar-refractivity contribution in [2.75, 3.05) is 5.73 Å². The molecule has 2 aromatic heterocycles. The molecule has 1 aliphatic rings. The number of aromatic nitrogens is 4. The number of nitrogens with zero attached hydrogens (tertiary/aromatic N) is 4. The minimum Gasteiger partial charge on any atom is -0.398 e. The van der Waals surface area contributed by atoms with Crippen LogP contribution in [-0.4, -0.2) is 19.8 Å². The summed E-state index contributed by atoms with van der Waals surface area (Å²) in [6.07, 6.45) is 5.75. The van der Waals surface area contributed by atoms with Crippen molar-refractivity contribution in [1.29, 1.82) is 0 Å². The Kier molecular flexibility index (Phi) is 3.11. The Hall–Kier alpha value is -1.95. The fraction of sp³-hybridized carbons (Fsp3) is 0.400. The zero-order valence-corrected chi connectivity index (χ0v) is 12.5. The van der Waals surface area contributed by atoms with E-state index < -0.39 is 0 Å². The first-order valence-electron chi connectivity index (χ1n) is 7.35. The first-order valence-corrected chi connectivity index (χ1v) is 8.17. The molecule has 0 unspecified atom stereocenters. The number of hydrogen-bond acceptors (Lipinski definition) is 5. The molecule has 0 spiro atoms. The molecule has 0 radical (unpaired) electrons. The van der Waals surface area contributed by atoms with Gasteiger partial charge in [-0.05, 0) is 24.5 Å². The fourth-order valence-electron chi connectivity index (χ4n) is 3.04. The summed E-state index contributed by atoms with van der Waals surface area (Å²) in [6.45, 7) is 0. The van der Waals surface area contributed by atoms with Gasteiger partial charge in [-0.2, -0.15) is 9.61 Å². The van der Waals surface area contributed by atoms with E-state index in [1.54, 1.807) is 11.3 Å². The number of nitrogens with two attached hydrogens (primary N) is 1. The van der Waals surface area contributed by atoms with E-state index >= 15 is 0 Å². The van der Waals surface area contributed by atoms with Crippen molar-refractivity contribution in [1.82, 2.24) is 19.8 Å². The highest BCUT2D eigenvalue weighted by Crippen LogP contribution is 2.33. The van der Waals surface area contributed by atoms with Gasteiger partial charge in [0.1, 0.15) is 5.01 Å². The quantitative estimate of drug-likeness (QED) is 0.755. The molecule has 1 saturated carbocycles. The zero-order valence-electron chi connectivity index (χ0n) is 11.7. The van der Waals surface area contributed by atoms with Gasteiger partial charge in [-0.25, -0.2) is 0 Å². The maximum absolute atomic E-state index is 6.01. The number of benzene rings is 1. The van der Waals surface area contributed by atoms with Crippen molar-refractivity contribution in [3.8, 4) is 0 Å². The Morgan fingerprint density at radius 1 is 1.19 bits per heavy atom. The fourth-order valence-corrected chi connectivity index (χ4v) is 3.90. The van der Waals surface area contributed by atoms with Crippen molar-refractivity contribution in [3.63, 3.8) is 0 Å². The minimum atomic E-state index is 0.525. The van der Waals surface area contributed by atoms with Crippen molar-refractivity contribution < 1.29 is 0 Å². The molecule has 0 atom stereocenters. The smallest absolute Gasteiger partial charge is 0.234 e. The highest BCUT2D eigenvalue weighted by Gasteiger charge is 2.24. The number of hydrogen-bond donors (Lipinski definition) is 1. The van der Waals surface area contributed by atoms with Gasteiger partial charge >= 0.3 is 0 Å². The summed E-state index contributed by atoms with van der Waals surface area (Å²) in [4.78, 5) is 0.890. The van der Waals surface area contributed by atoms with E-state index in [0.29, 0.717) is 5.92 Å². The molecular weight excluding hydrogens is 282 g/mol. The lowest BCUT2D eigenvalue weighted by Gasteiger charge is -2.04. The van der Waals surface area contributed by atoms with E-state index in [1.807, 2.05) is 22.7 Å². The average Bonchev–Trinajstić information content (AvgIpc) is 3.17. The standard InChI is InChI=1S/C15H17N5S/c16-12-8-4-3-7-11(12)9-13-19-20-14(10-5-1-2-6-10)17-18-15(20)21-13/h3-4,7-8,10H,1-2,5-6,9,16H2. The van der Waals surface area contributed by atoms with Crippen molar-refractivity contribution in [2.45, 2.75) is 38.0 Å². The molecule has 1 fully saturated rings. The van der Waals surface area contributed by atoms with Crippen LogP contribution in [0, 0.1) is 0 Å². The van der Waals surface area contributed by atoms with E-state index in [1.165, 1.54) is 25.7 Å². The van der Waals surface area contributed by atoms with Gasteiger partial charge in [-0.1, -0.05) is 42.4 Å². The van der Waals surface area contributed by atoms with Gasteiger partial charge in [0.05, 0.1) is 0 Å². The molecule has 2 heterocycles. The largest absolute Gasteiger partial charge is 0.398 e. The van der Waals surface area contributed by atoms with Crippen LogP contribution in [0.25, 0.3) is 4.96 Å². The summed E-state index contributed by atoms with van der Waals surface area (Å²) in [6, 6.07) is 7.95. The molecule has 0 amide bonds. The molecule has 21 heavy (non-hydrogen) atoms. The van der Waals surface area contributed by atoms with E-state index in [9.17, 15) is 0 Å². The Bertz CT molecular complexity index is 769. The van der Waals surface area contributed by atoms with Gasteiger partial charge in [0.15, 0.2) is 5.82 Å². The number of anilines is 1. The SMILES string of the molecule is Nc1ccccc1Cc1nn2c(C3CCCC3)nnc2s1. The average molecular weight is 299 g/mol. The van der Waals surface area contributed by atoms with E-state index in [0.717, 1.165) is 33.5 Å². The molecule has 5 nitrogen and oxygen atoms in total. The third kappa shape index (κ3) is 2.29. The molecule has 1 aliphatic carbocycles. The maximum atomic E-state index is 6.01. The van der Waals surface area contributed by atoms with E-state index in [4.69, 9.17) is 10.8 Å². The monoisotopic (exact) mass is 299 g/mol. The van der Waals surface area contributed by atoms with Crippen LogP contribution in [0.2, 0.25) is 0 Å². The summed E-state index contributed by atoms with van der Waals surface area (Å²) < 4.78 is 1.94. The first-order chi connectivity index (χ1) is 10.3. The maximum Gasteiger partial charge on any atom is 0.234 e. The third-order valence-corrected chi connectivity index (χ3v) is 5.07. The summed E-state index contributed by atoms with van der Waals surface area (Å²) in [5, 5.41) is 14.4. The van der Waals surface area contributed by atoms with Gasteiger partial charge in [0.2, 0.25) is 4.96 Å². The molecule has 0 bridgehead atoms. The molecule has 6 heteroatoms. The summed E-state index contributed by atoms with van der Waals surface area (Å²) in [7, 11) is 0. The predicted octanol–water partition coefficient (Wildman–Crippen LogP) is 3.02. The Morgan fingerprint density at radius 2 is 2.00 bits per heavy atom. The van der Waals surface area contributed by atoms with E-state index in [-0.39, 0.29) is 0 Å². The Morgan fingerprint density at radius 3 is 2.81 bits per heavy atom. The van der Waals surface area contributed by atoms with Crippen LogP contribution in [0.4, 0.5) is 5.69 Å². The van der Waals surface area contributed by atoms with Crippen molar-refractivity contribution >= 4 is 22.0 Å². The molecule has 0 aliphatic heterocycles. The topological polar surface area (TPSA) is 69.1 Å². The second-order valence-electron chi connectivity index (χ2n) is 5.61. The van der Waals surface area contributed by atoms with Crippen LogP contribution >= 0.6 is 11.3 Å². The van der Waals surface area contributed by atoms with Crippen LogP contribution < -0.4 is 5.73 Å². The third-order valence-electron chi connectivity index (χ3n) is 4.17. The van der Waals surface area contributed by atoms with Gasteiger partial charge in [-0.3, -0.25) is 0 Å². The highest BCUT2D eigenvalue weighted by atomic mass is 32.1. The van der Waals surface area contributed by atoms with Gasteiger partial charge in [0.25, 0.3) is 0 Å². The minimum absolute atomic E-state index is 0.525. The van der Waals surface area contributed by atoms with E-state index in [2.05, 4.69) is 16.3 Å². The summed E-state index contributed by atoms with van der Waals surface area (Å²) >= 11 is 1.60.